The molecule has 2 unspecified atom stereocenters. The predicted molar refractivity (Wildman–Crippen MR) is 170 cm³/mol. The van der Waals surface area contributed by atoms with Crippen molar-refractivity contribution in [1.29, 1.82) is 0 Å². The van der Waals surface area contributed by atoms with Crippen molar-refractivity contribution in [3.05, 3.63) is 118 Å². The molecule has 4 heteroatoms. The van der Waals surface area contributed by atoms with E-state index >= 15 is 0 Å². The van der Waals surface area contributed by atoms with Gasteiger partial charge in [0, 0.05) is 24.5 Å². The lowest BCUT2D eigenvalue weighted by Crippen LogP contribution is -2.42. The number of fused-ring (bicyclic) bond motifs is 3. The Morgan fingerprint density at radius 3 is 1.61 bits per heavy atom. The lowest BCUT2D eigenvalue weighted by molar-refractivity contribution is 0.967. The molecule has 0 radical (unpaired) electrons. The predicted octanol–water partition coefficient (Wildman–Crippen LogP) is 11.1. The summed E-state index contributed by atoms with van der Waals surface area (Å²) in [6, 6.07) is 19.7. The highest BCUT2D eigenvalue weighted by molar-refractivity contribution is 9.11. The first kappa shape index (κ1) is 26.2. The van der Waals surface area contributed by atoms with Crippen LogP contribution in [0, 0.1) is 0 Å². The van der Waals surface area contributed by atoms with E-state index in [2.05, 4.69) is 154 Å². The molecule has 0 saturated carbocycles. The van der Waals surface area contributed by atoms with E-state index in [0.717, 1.165) is 6.42 Å². The first-order chi connectivity index (χ1) is 17.1. The van der Waals surface area contributed by atoms with Crippen molar-refractivity contribution >= 4 is 74.1 Å². The summed E-state index contributed by atoms with van der Waals surface area (Å²) in [7, 11) is -1.69. The van der Waals surface area contributed by atoms with Gasteiger partial charge in [-0.25, -0.2) is 0 Å². The van der Waals surface area contributed by atoms with Crippen molar-refractivity contribution in [3.63, 3.8) is 0 Å². The average molecular weight is 683 g/mol. The number of benzene rings is 3. The van der Waals surface area contributed by atoms with Gasteiger partial charge < -0.3 is 0 Å². The number of hydrogen-bond donors (Lipinski definition) is 0. The lowest BCUT2D eigenvalue weighted by atomic mass is 10.1. The Kier molecular flexibility index (Phi) is 7.28. The van der Waals surface area contributed by atoms with Crippen molar-refractivity contribution in [2.45, 2.75) is 51.4 Å². The van der Waals surface area contributed by atoms with Gasteiger partial charge >= 0.3 is 0 Å². The van der Waals surface area contributed by atoms with Gasteiger partial charge in [0.05, 0.1) is 8.07 Å². The molecule has 0 N–H and O–H groups in total. The van der Waals surface area contributed by atoms with Crippen LogP contribution >= 0.6 is 47.8 Å². The van der Waals surface area contributed by atoms with Gasteiger partial charge in [-0.1, -0.05) is 132 Å². The summed E-state index contributed by atoms with van der Waals surface area (Å²) in [6.45, 7) is 12.0. The molecule has 3 aromatic rings. The smallest absolute Gasteiger partial charge is 0.0683 e. The molecule has 0 heterocycles. The van der Waals surface area contributed by atoms with Gasteiger partial charge in [-0.05, 0) is 78.8 Å². The average Bonchev–Trinajstić information content (AvgIpc) is 3.48. The molecule has 0 fully saturated rings. The summed E-state index contributed by atoms with van der Waals surface area (Å²) in [5.74, 6) is 0. The first-order valence-corrected chi connectivity index (χ1v) is 18.0. The van der Waals surface area contributed by atoms with E-state index in [0.29, 0.717) is 11.1 Å². The Labute approximate surface area is 242 Å². The zero-order valence-electron chi connectivity index (χ0n) is 21.4. The van der Waals surface area contributed by atoms with Crippen LogP contribution < -0.4 is 0 Å². The highest BCUT2D eigenvalue weighted by atomic mass is 79.9. The third kappa shape index (κ3) is 4.53. The molecule has 0 bridgehead atoms. The molecule has 0 aromatic heterocycles. The van der Waals surface area contributed by atoms with E-state index in [1.54, 1.807) is 0 Å². The Morgan fingerprint density at radius 1 is 0.639 bits per heavy atom. The van der Waals surface area contributed by atoms with Crippen LogP contribution in [0.2, 0.25) is 13.1 Å². The maximum Gasteiger partial charge on any atom is 0.0722 e. The third-order valence-electron chi connectivity index (χ3n) is 7.95. The van der Waals surface area contributed by atoms with Crippen LogP contribution in [0.1, 0.15) is 65.2 Å². The lowest BCUT2D eigenvalue weighted by Gasteiger charge is -2.39. The molecule has 0 aliphatic heterocycles. The summed E-state index contributed by atoms with van der Waals surface area (Å²) in [5.41, 5.74) is 14.2. The summed E-state index contributed by atoms with van der Waals surface area (Å²) < 4.78 is 3.68. The van der Waals surface area contributed by atoms with Crippen LogP contribution in [0.5, 0.6) is 0 Å². The van der Waals surface area contributed by atoms with Crippen molar-refractivity contribution in [3.8, 4) is 0 Å². The van der Waals surface area contributed by atoms with Crippen LogP contribution in [0.3, 0.4) is 0 Å². The van der Waals surface area contributed by atoms with Crippen molar-refractivity contribution in [1.82, 2.24) is 0 Å². The van der Waals surface area contributed by atoms with Gasteiger partial charge in [0.15, 0.2) is 0 Å². The van der Waals surface area contributed by atoms with Crippen LogP contribution in [0.15, 0.2) is 84.7 Å². The molecule has 3 aliphatic rings. The topological polar surface area (TPSA) is 0 Å². The Balaban J connectivity index is 0.000000202. The minimum absolute atomic E-state index is 0.568. The largest absolute Gasteiger partial charge is 0.0722 e. The summed E-state index contributed by atoms with van der Waals surface area (Å²) in [4.78, 5) is 0. The molecule has 36 heavy (non-hydrogen) atoms. The van der Waals surface area contributed by atoms with Crippen molar-refractivity contribution < 1.29 is 0 Å². The van der Waals surface area contributed by atoms with Gasteiger partial charge in [-0.2, -0.15) is 0 Å². The van der Waals surface area contributed by atoms with Crippen LogP contribution in [0.4, 0.5) is 0 Å². The zero-order chi connectivity index (χ0) is 25.8. The molecular weight excluding hydrogens is 652 g/mol. The number of halogens is 3. The number of rotatable bonds is 2. The molecular formula is C32H31Br3Si. The molecule has 0 amide bonds. The van der Waals surface area contributed by atoms with Gasteiger partial charge in [-0.15, -0.1) is 0 Å². The molecule has 0 spiro atoms. The van der Waals surface area contributed by atoms with E-state index in [4.69, 9.17) is 0 Å². The standard InChI is InChI=1S/C22H22Br2Si.C10H9Br/c1-13-11-17-15(7-5-9-19(17)23)21(13)25(3,4)22-14(2)12-18-16(22)8-6-10-20(18)24;1-7-5-8-3-2-4-10(11)9(8)6-7/h5-12,21-22H,1-4H3;2-5H,6H2,1H3. The minimum atomic E-state index is -1.69. The number of allylic oxidation sites excluding steroid dienone is 3. The quantitative estimate of drug-likeness (QED) is 0.236. The molecule has 0 saturated heterocycles. The highest BCUT2D eigenvalue weighted by Gasteiger charge is 2.47. The monoisotopic (exact) mass is 680 g/mol. The Bertz CT molecular complexity index is 1380. The van der Waals surface area contributed by atoms with Crippen molar-refractivity contribution in [2.75, 3.05) is 0 Å². The van der Waals surface area contributed by atoms with Crippen LogP contribution in [0.25, 0.3) is 18.2 Å². The normalized spacial score (nSPS) is 19.5. The Hall–Kier alpha value is -1.46. The molecule has 3 aliphatic carbocycles. The molecule has 0 nitrogen and oxygen atoms in total. The highest BCUT2D eigenvalue weighted by Crippen LogP contribution is 2.53. The maximum atomic E-state index is 3.75. The van der Waals surface area contributed by atoms with Crippen LogP contribution in [-0.2, 0) is 6.42 Å². The van der Waals surface area contributed by atoms with Crippen molar-refractivity contribution in [2.24, 2.45) is 0 Å². The van der Waals surface area contributed by atoms with E-state index in [9.17, 15) is 0 Å². The first-order valence-electron chi connectivity index (χ1n) is 12.5. The van der Waals surface area contributed by atoms with E-state index < -0.39 is 8.07 Å². The Morgan fingerprint density at radius 2 is 1.11 bits per heavy atom. The van der Waals surface area contributed by atoms with E-state index in [1.165, 1.54) is 63.5 Å². The maximum absolute atomic E-state index is 3.75. The van der Waals surface area contributed by atoms with Gasteiger partial charge in [-0.3, -0.25) is 0 Å². The molecule has 184 valence electrons. The minimum Gasteiger partial charge on any atom is -0.0683 e. The second-order valence-corrected chi connectivity index (χ2v) is 18.3. The van der Waals surface area contributed by atoms with Gasteiger partial charge in [0.25, 0.3) is 0 Å². The fourth-order valence-corrected chi connectivity index (χ4v) is 13.1. The second-order valence-electron chi connectivity index (χ2n) is 10.9. The second kappa shape index (κ2) is 10.0. The fourth-order valence-electron chi connectivity index (χ4n) is 6.66. The van der Waals surface area contributed by atoms with Gasteiger partial charge in [0.2, 0.25) is 0 Å². The fraction of sp³-hybridized carbons (Fsp3) is 0.250. The summed E-state index contributed by atoms with van der Waals surface area (Å²) in [5, 5.41) is 0. The van der Waals surface area contributed by atoms with E-state index in [1.807, 2.05) is 0 Å². The number of hydrogen-bond acceptors (Lipinski definition) is 0. The molecule has 6 rings (SSSR count). The summed E-state index contributed by atoms with van der Waals surface area (Å²) in [6.07, 6.45) is 8.15. The van der Waals surface area contributed by atoms with E-state index in [-0.39, 0.29) is 0 Å². The third-order valence-corrected chi connectivity index (χ3v) is 14.6. The SMILES string of the molecule is CC1=Cc2c(Br)cccc2C1[Si](C)(C)C1C(C)=Cc2c(Br)cccc21.CC1=Cc2cccc(Br)c2C1. The molecule has 2 atom stereocenters. The van der Waals surface area contributed by atoms with Gasteiger partial charge in [0.1, 0.15) is 0 Å². The zero-order valence-corrected chi connectivity index (χ0v) is 27.2. The van der Waals surface area contributed by atoms with Crippen LogP contribution in [-0.4, -0.2) is 8.07 Å². The summed E-state index contributed by atoms with van der Waals surface area (Å²) >= 11 is 11.0. The molecule has 3 aromatic carbocycles.